The van der Waals surface area contributed by atoms with Crippen LogP contribution in [0.25, 0.3) is 10.8 Å². The van der Waals surface area contributed by atoms with Gasteiger partial charge >= 0.3 is 11.9 Å². The molecule has 1 unspecified atom stereocenters. The zero-order valence-corrected chi connectivity index (χ0v) is 33.1. The third-order valence-corrected chi connectivity index (χ3v) is 11.3. The summed E-state index contributed by atoms with van der Waals surface area (Å²) in [5.41, 5.74) is 0.729. The van der Waals surface area contributed by atoms with Gasteiger partial charge in [-0.3, -0.25) is 19.2 Å². The Morgan fingerprint density at radius 1 is 0.885 bits per heavy atom. The fraction of sp³-hybridized carbons (Fsp3) is 0.632. The SMILES string of the molecule is CCCC[C@H](NC(=O)[C@H](Cc1cccc2ccccc12)CS(=O)(=O)CC(COC(C)=O)OC(C)=O)C(=O)N[C@@H](CC(C)C)[C@@H](O)[C@@H](O)CSC(C)C. The number of unbranched alkanes of at least 4 members (excludes halogenated alkanes) is 1. The van der Waals surface area contributed by atoms with Gasteiger partial charge in [0.25, 0.3) is 0 Å². The van der Waals surface area contributed by atoms with Gasteiger partial charge < -0.3 is 30.3 Å². The maximum Gasteiger partial charge on any atom is 0.303 e. The van der Waals surface area contributed by atoms with Crippen molar-refractivity contribution in [3.63, 3.8) is 0 Å². The molecule has 2 aromatic carbocycles. The Hall–Kier alpha value is -3.20. The molecule has 0 bridgehead atoms. The first-order chi connectivity index (χ1) is 24.4. The molecule has 0 aliphatic carbocycles. The lowest BCUT2D eigenvalue weighted by atomic mass is 9.94. The Bertz CT molecular complexity index is 1560. The molecule has 0 saturated carbocycles. The van der Waals surface area contributed by atoms with Crippen molar-refractivity contribution in [3.8, 4) is 0 Å². The van der Waals surface area contributed by atoms with Crippen molar-refractivity contribution in [3.05, 3.63) is 48.0 Å². The van der Waals surface area contributed by atoms with Crippen LogP contribution in [0.15, 0.2) is 42.5 Å². The third-order valence-electron chi connectivity index (χ3n) is 8.36. The van der Waals surface area contributed by atoms with E-state index in [0.29, 0.717) is 12.8 Å². The van der Waals surface area contributed by atoms with Crippen molar-refractivity contribution in [2.45, 2.75) is 116 Å². The van der Waals surface area contributed by atoms with Gasteiger partial charge in [-0.15, -0.1) is 0 Å². The molecule has 292 valence electrons. The van der Waals surface area contributed by atoms with Crippen LogP contribution >= 0.6 is 11.8 Å². The van der Waals surface area contributed by atoms with Gasteiger partial charge in [0, 0.05) is 19.6 Å². The summed E-state index contributed by atoms with van der Waals surface area (Å²) in [6.07, 6.45) is -1.67. The summed E-state index contributed by atoms with van der Waals surface area (Å²) in [5, 5.41) is 29.5. The summed E-state index contributed by atoms with van der Waals surface area (Å²) in [6.45, 7) is 11.6. The van der Waals surface area contributed by atoms with E-state index in [1.54, 1.807) is 0 Å². The Morgan fingerprint density at radius 3 is 2.17 bits per heavy atom. The number of esters is 2. The van der Waals surface area contributed by atoms with Gasteiger partial charge in [0.2, 0.25) is 11.8 Å². The summed E-state index contributed by atoms with van der Waals surface area (Å²) in [5.74, 6) is -4.78. The third kappa shape index (κ3) is 16.2. The van der Waals surface area contributed by atoms with Crippen LogP contribution in [0.2, 0.25) is 0 Å². The summed E-state index contributed by atoms with van der Waals surface area (Å²) >= 11 is 1.49. The number of hydrogen-bond acceptors (Lipinski definition) is 11. The van der Waals surface area contributed by atoms with Gasteiger partial charge in [-0.2, -0.15) is 11.8 Å². The summed E-state index contributed by atoms with van der Waals surface area (Å²) in [4.78, 5) is 51.2. The normalized spacial score (nSPS) is 15.4. The number of amides is 2. The zero-order chi connectivity index (χ0) is 39.0. The lowest BCUT2D eigenvalue weighted by molar-refractivity contribution is -0.154. The number of aliphatic hydroxyl groups is 2. The molecule has 52 heavy (non-hydrogen) atoms. The number of aliphatic hydroxyl groups excluding tert-OH is 2. The van der Waals surface area contributed by atoms with E-state index in [2.05, 4.69) is 10.6 Å². The number of fused-ring (bicyclic) bond motifs is 1. The number of sulfone groups is 1. The summed E-state index contributed by atoms with van der Waals surface area (Å²) in [7, 11) is -4.12. The zero-order valence-electron chi connectivity index (χ0n) is 31.5. The van der Waals surface area contributed by atoms with Crippen molar-refractivity contribution < 1.29 is 47.3 Å². The van der Waals surface area contributed by atoms with Gasteiger partial charge in [-0.1, -0.05) is 89.9 Å². The van der Waals surface area contributed by atoms with Crippen LogP contribution in [0.5, 0.6) is 0 Å². The number of hydrogen-bond donors (Lipinski definition) is 4. The first-order valence-corrected chi connectivity index (χ1v) is 20.8. The minimum Gasteiger partial charge on any atom is -0.462 e. The van der Waals surface area contributed by atoms with Crippen molar-refractivity contribution in [1.29, 1.82) is 0 Å². The van der Waals surface area contributed by atoms with E-state index in [-0.39, 0.29) is 29.8 Å². The molecule has 2 rings (SSSR count). The van der Waals surface area contributed by atoms with Crippen molar-refractivity contribution in [2.75, 3.05) is 23.9 Å². The molecule has 6 atom stereocenters. The highest BCUT2D eigenvalue weighted by Gasteiger charge is 2.34. The monoisotopic (exact) mass is 766 g/mol. The second kappa shape index (κ2) is 22.1. The van der Waals surface area contributed by atoms with E-state index >= 15 is 0 Å². The van der Waals surface area contributed by atoms with E-state index in [9.17, 15) is 37.8 Å². The number of carbonyl (C=O) groups is 4. The van der Waals surface area contributed by atoms with Crippen LogP contribution < -0.4 is 10.6 Å². The molecule has 4 N–H and O–H groups in total. The smallest absolute Gasteiger partial charge is 0.303 e. The largest absolute Gasteiger partial charge is 0.462 e. The molecule has 0 aliphatic heterocycles. The molecular weight excluding hydrogens is 709 g/mol. The van der Waals surface area contributed by atoms with Crippen LogP contribution in [0, 0.1) is 11.8 Å². The van der Waals surface area contributed by atoms with Crippen LogP contribution in [0.1, 0.15) is 79.7 Å². The van der Waals surface area contributed by atoms with E-state index in [1.807, 2.05) is 77.1 Å². The average molecular weight is 767 g/mol. The standard InChI is InChI=1S/C38H58N2O10S2/c1-8-9-17-33(38(46)40-34(18-24(2)3)36(44)35(43)21-51-25(4)5)39-37(45)30(19-29-15-12-14-28-13-10-11-16-32(28)29)22-52(47,48)23-31(50-27(7)42)20-49-26(6)41/h10-16,24-25,30-31,33-36,43-44H,8-9,17-23H2,1-7H3,(H,39,45)(H,40,46)/t30-,31?,33+,34+,35+,36-/m1/s1. The predicted molar refractivity (Wildman–Crippen MR) is 204 cm³/mol. The van der Waals surface area contributed by atoms with Crippen LogP contribution in [0.3, 0.4) is 0 Å². The molecular formula is C38H58N2O10S2. The average Bonchev–Trinajstić information content (AvgIpc) is 3.06. The minimum atomic E-state index is -4.12. The molecule has 0 fully saturated rings. The first kappa shape index (κ1) is 45.0. The molecule has 0 aromatic heterocycles. The van der Waals surface area contributed by atoms with Crippen molar-refractivity contribution >= 4 is 56.1 Å². The molecule has 12 nitrogen and oxygen atoms in total. The van der Waals surface area contributed by atoms with Crippen LogP contribution in [-0.2, 0) is 44.9 Å². The highest BCUT2D eigenvalue weighted by molar-refractivity contribution is 7.99. The number of nitrogens with one attached hydrogen (secondary N) is 2. The van der Waals surface area contributed by atoms with E-state index in [1.165, 1.54) is 11.8 Å². The fourth-order valence-corrected chi connectivity index (χ4v) is 8.41. The van der Waals surface area contributed by atoms with Crippen molar-refractivity contribution in [1.82, 2.24) is 10.6 Å². The van der Waals surface area contributed by atoms with Crippen LogP contribution in [0.4, 0.5) is 0 Å². The molecule has 2 aromatic rings. The molecule has 0 spiro atoms. The lowest BCUT2D eigenvalue weighted by Gasteiger charge is -2.31. The van der Waals surface area contributed by atoms with Crippen molar-refractivity contribution in [2.24, 2.45) is 11.8 Å². The minimum absolute atomic E-state index is 0.0190. The molecule has 14 heteroatoms. The van der Waals surface area contributed by atoms with Gasteiger partial charge in [-0.05, 0) is 46.8 Å². The Labute approximate surface area is 313 Å². The predicted octanol–water partition coefficient (Wildman–Crippen LogP) is 3.98. The van der Waals surface area contributed by atoms with E-state index < -0.39 is 88.0 Å². The highest BCUT2D eigenvalue weighted by Crippen LogP contribution is 2.23. The fourth-order valence-electron chi connectivity index (χ4n) is 5.88. The molecule has 0 aliphatic rings. The second-order valence-corrected chi connectivity index (χ2v) is 17.8. The Morgan fingerprint density at radius 2 is 1.56 bits per heavy atom. The van der Waals surface area contributed by atoms with Gasteiger partial charge in [-0.25, -0.2) is 8.42 Å². The van der Waals surface area contributed by atoms with Gasteiger partial charge in [0.15, 0.2) is 9.84 Å². The maximum atomic E-state index is 14.2. The summed E-state index contributed by atoms with van der Waals surface area (Å²) in [6, 6.07) is 11.2. The number of ether oxygens (including phenoxy) is 2. The molecule has 0 saturated heterocycles. The number of thioether (sulfide) groups is 1. The summed E-state index contributed by atoms with van der Waals surface area (Å²) < 4.78 is 37.4. The lowest BCUT2D eigenvalue weighted by Crippen LogP contribution is -2.56. The van der Waals surface area contributed by atoms with Gasteiger partial charge in [0.05, 0.1) is 29.6 Å². The van der Waals surface area contributed by atoms with E-state index in [0.717, 1.165) is 36.6 Å². The van der Waals surface area contributed by atoms with E-state index in [4.69, 9.17) is 9.47 Å². The van der Waals surface area contributed by atoms with Gasteiger partial charge in [0.1, 0.15) is 24.9 Å². The topological polar surface area (TPSA) is 185 Å². The number of rotatable bonds is 23. The second-order valence-electron chi connectivity index (χ2n) is 14.0. The maximum absolute atomic E-state index is 14.2. The first-order valence-electron chi connectivity index (χ1n) is 18.0. The quantitative estimate of drug-likeness (QED) is 0.120. The Kier molecular flexibility index (Phi) is 19.1. The molecule has 0 heterocycles. The number of benzene rings is 2. The highest BCUT2D eigenvalue weighted by atomic mass is 32.2. The number of carbonyl (C=O) groups excluding carboxylic acids is 4. The molecule has 0 radical (unpaired) electrons. The molecule has 2 amide bonds. The Balaban J connectivity index is 2.44. The van der Waals surface area contributed by atoms with Crippen LogP contribution in [-0.4, -0.2) is 102 Å².